The molecule has 8 heteroatoms. The zero-order valence-corrected chi connectivity index (χ0v) is 20.8. The molecule has 35 heavy (non-hydrogen) atoms. The van der Waals surface area contributed by atoms with Crippen LogP contribution in [0.2, 0.25) is 0 Å². The summed E-state index contributed by atoms with van der Waals surface area (Å²) >= 11 is 0. The Labute approximate surface area is 207 Å². The fourth-order valence-electron chi connectivity index (χ4n) is 5.75. The minimum absolute atomic E-state index is 0.132. The lowest BCUT2D eigenvalue weighted by Gasteiger charge is -2.37. The maximum Gasteiger partial charge on any atom is 0.297 e. The lowest BCUT2D eigenvalue weighted by Crippen LogP contribution is -2.60. The number of ether oxygens (including phenoxy) is 2. The quantitative estimate of drug-likeness (QED) is 0.573. The Morgan fingerprint density at radius 2 is 1.49 bits per heavy atom. The normalized spacial score (nSPS) is 22.5. The topological polar surface area (TPSA) is 80.7 Å². The van der Waals surface area contributed by atoms with Gasteiger partial charge in [-0.1, -0.05) is 5.16 Å². The van der Waals surface area contributed by atoms with Gasteiger partial charge in [0.2, 0.25) is 0 Å². The van der Waals surface area contributed by atoms with Crippen LogP contribution < -0.4 is 9.47 Å². The molecule has 2 saturated heterocycles. The van der Waals surface area contributed by atoms with Gasteiger partial charge in [0.05, 0.1) is 25.3 Å². The predicted molar refractivity (Wildman–Crippen MR) is 132 cm³/mol. The van der Waals surface area contributed by atoms with E-state index in [1.807, 2.05) is 18.2 Å². The second-order valence-corrected chi connectivity index (χ2v) is 10.2. The van der Waals surface area contributed by atoms with Crippen molar-refractivity contribution in [2.24, 2.45) is 5.16 Å². The second-order valence-electron chi connectivity index (χ2n) is 10.2. The maximum absolute atomic E-state index is 13.8. The maximum atomic E-state index is 13.8. The van der Waals surface area contributed by atoms with E-state index >= 15 is 0 Å². The van der Waals surface area contributed by atoms with Crippen molar-refractivity contribution in [3.63, 3.8) is 0 Å². The van der Waals surface area contributed by atoms with Crippen molar-refractivity contribution in [1.29, 1.82) is 0 Å². The molecule has 1 aromatic rings. The third-order valence-electron chi connectivity index (χ3n) is 7.80. The summed E-state index contributed by atoms with van der Waals surface area (Å²) in [4.78, 5) is 37.1. The van der Waals surface area contributed by atoms with E-state index in [4.69, 9.17) is 14.3 Å². The molecule has 4 aliphatic rings. The molecule has 1 aromatic carbocycles. The highest BCUT2D eigenvalue weighted by molar-refractivity contribution is 6.16. The molecule has 0 spiro atoms. The fourth-order valence-corrected chi connectivity index (χ4v) is 5.75. The van der Waals surface area contributed by atoms with Crippen molar-refractivity contribution in [3.05, 3.63) is 23.8 Å². The predicted octanol–water partition coefficient (Wildman–Crippen LogP) is 3.90. The van der Waals surface area contributed by atoms with Gasteiger partial charge in [0.1, 0.15) is 0 Å². The molecule has 0 radical (unpaired) electrons. The number of carbonyl (C=O) groups excluding carboxylic acids is 2. The molecule has 3 aliphatic heterocycles. The van der Waals surface area contributed by atoms with E-state index in [-0.39, 0.29) is 24.3 Å². The Balaban J connectivity index is 1.41. The number of likely N-dealkylation sites (tertiary alicyclic amines) is 2. The van der Waals surface area contributed by atoms with Crippen LogP contribution in [-0.2, 0) is 14.4 Å². The summed E-state index contributed by atoms with van der Waals surface area (Å²) in [6.07, 6.45) is 10.8. The Morgan fingerprint density at radius 1 is 0.886 bits per heavy atom. The number of rotatable bonds is 6. The van der Waals surface area contributed by atoms with Crippen molar-refractivity contribution in [2.75, 3.05) is 33.3 Å². The lowest BCUT2D eigenvalue weighted by molar-refractivity contribution is -0.172. The van der Waals surface area contributed by atoms with E-state index in [1.54, 1.807) is 16.9 Å². The summed E-state index contributed by atoms with van der Waals surface area (Å²) in [5.41, 5.74) is -0.227. The van der Waals surface area contributed by atoms with Gasteiger partial charge in [0, 0.05) is 31.7 Å². The first kappa shape index (κ1) is 23.9. The van der Waals surface area contributed by atoms with Crippen LogP contribution in [0.3, 0.4) is 0 Å². The number of hydrogen-bond acceptors (Lipinski definition) is 6. The van der Waals surface area contributed by atoms with Gasteiger partial charge in [0.25, 0.3) is 17.4 Å². The number of piperidine rings is 2. The van der Waals surface area contributed by atoms with Crippen molar-refractivity contribution in [2.45, 2.75) is 82.3 Å². The number of nitrogens with zero attached hydrogens (tertiary/aromatic N) is 3. The Hall–Kier alpha value is -2.77. The molecular weight excluding hydrogens is 446 g/mol. The molecule has 0 aromatic heterocycles. The molecule has 0 atom stereocenters. The van der Waals surface area contributed by atoms with Crippen LogP contribution in [0, 0.1) is 0 Å². The van der Waals surface area contributed by atoms with E-state index in [9.17, 15) is 9.59 Å². The highest BCUT2D eigenvalue weighted by Gasteiger charge is 2.57. The molecule has 0 N–H and O–H groups in total. The molecule has 1 aliphatic carbocycles. The molecule has 5 rings (SSSR count). The van der Waals surface area contributed by atoms with E-state index < -0.39 is 5.60 Å². The van der Waals surface area contributed by atoms with Crippen LogP contribution in [0.25, 0.3) is 0 Å². The van der Waals surface area contributed by atoms with Crippen molar-refractivity contribution in [3.8, 4) is 11.5 Å². The second kappa shape index (κ2) is 10.5. The molecule has 0 bridgehead atoms. The Kier molecular flexibility index (Phi) is 7.16. The summed E-state index contributed by atoms with van der Waals surface area (Å²) in [5.74, 6) is 0.840. The van der Waals surface area contributed by atoms with Gasteiger partial charge in [-0.05, 0) is 82.4 Å². The highest BCUT2D eigenvalue weighted by Crippen LogP contribution is 2.37. The molecule has 190 valence electrons. The zero-order chi connectivity index (χ0) is 24.3. The van der Waals surface area contributed by atoms with E-state index in [1.165, 1.54) is 12.8 Å². The highest BCUT2D eigenvalue weighted by atomic mass is 16.7. The molecule has 1 saturated carbocycles. The van der Waals surface area contributed by atoms with Gasteiger partial charge in [-0.2, -0.15) is 0 Å². The minimum atomic E-state index is -1.61. The lowest BCUT2D eigenvalue weighted by atomic mass is 9.89. The zero-order valence-electron chi connectivity index (χ0n) is 20.8. The van der Waals surface area contributed by atoms with Crippen LogP contribution in [0.15, 0.2) is 23.4 Å². The van der Waals surface area contributed by atoms with Gasteiger partial charge >= 0.3 is 0 Å². The van der Waals surface area contributed by atoms with Gasteiger partial charge in [-0.15, -0.1) is 0 Å². The van der Waals surface area contributed by atoms with E-state index in [0.717, 1.165) is 56.9 Å². The van der Waals surface area contributed by atoms with E-state index in [0.29, 0.717) is 43.4 Å². The van der Waals surface area contributed by atoms with Gasteiger partial charge < -0.3 is 24.1 Å². The molecular formula is C27H37N3O5. The number of oxime groups is 1. The first-order valence-electron chi connectivity index (χ1n) is 13.3. The summed E-state index contributed by atoms with van der Waals surface area (Å²) in [6.45, 7) is 2.64. The largest absolute Gasteiger partial charge is 0.493 e. The fraction of sp³-hybridized carbons (Fsp3) is 0.667. The summed E-state index contributed by atoms with van der Waals surface area (Å²) in [5, 5.41) is 4.35. The number of hydrogen-bond donors (Lipinski definition) is 0. The van der Waals surface area contributed by atoms with Gasteiger partial charge in [-0.3, -0.25) is 9.59 Å². The average Bonchev–Trinajstić information content (AvgIpc) is 3.60. The van der Waals surface area contributed by atoms with Crippen LogP contribution in [-0.4, -0.2) is 72.3 Å². The average molecular weight is 484 g/mol. The number of carbonyl (C=O) groups is 2. The van der Waals surface area contributed by atoms with Crippen molar-refractivity contribution >= 4 is 17.5 Å². The monoisotopic (exact) mass is 483 g/mol. The molecule has 0 unspecified atom stereocenters. The van der Waals surface area contributed by atoms with Crippen LogP contribution in [0.1, 0.15) is 76.2 Å². The van der Waals surface area contributed by atoms with Crippen LogP contribution >= 0.6 is 0 Å². The van der Waals surface area contributed by atoms with Crippen LogP contribution in [0.4, 0.5) is 0 Å². The van der Waals surface area contributed by atoms with Crippen LogP contribution in [0.5, 0.6) is 11.5 Å². The molecule has 2 amide bonds. The first-order valence-corrected chi connectivity index (χ1v) is 13.3. The molecule has 3 fully saturated rings. The Morgan fingerprint density at radius 3 is 2.06 bits per heavy atom. The minimum Gasteiger partial charge on any atom is -0.493 e. The van der Waals surface area contributed by atoms with E-state index in [2.05, 4.69) is 5.16 Å². The van der Waals surface area contributed by atoms with Gasteiger partial charge in [0.15, 0.2) is 11.5 Å². The summed E-state index contributed by atoms with van der Waals surface area (Å²) in [7, 11) is 1.63. The van der Waals surface area contributed by atoms with Crippen molar-refractivity contribution in [1.82, 2.24) is 9.80 Å². The smallest absolute Gasteiger partial charge is 0.297 e. The standard InChI is InChI=1S/C27H37N3O5/c1-33-23-13-12-20(18-24(23)34-21-10-4-5-11-21)22-19-27(35-28-22,25(31)29-14-6-2-7-15-29)26(32)30-16-8-3-9-17-30/h12-13,18,21H,2-11,14-17,19H2,1H3. The van der Waals surface area contributed by atoms with Gasteiger partial charge in [-0.25, -0.2) is 0 Å². The number of amides is 2. The summed E-state index contributed by atoms with van der Waals surface area (Å²) in [6, 6.07) is 5.67. The third kappa shape index (κ3) is 4.84. The SMILES string of the molecule is COc1ccc(C2=NOC(C(=O)N3CCCCC3)(C(=O)N3CCCCC3)C2)cc1OC1CCCC1. The first-order chi connectivity index (χ1) is 17.1. The molecule has 8 nitrogen and oxygen atoms in total. The number of methoxy groups -OCH3 is 1. The molecule has 3 heterocycles. The summed E-state index contributed by atoms with van der Waals surface area (Å²) < 4.78 is 11.8. The third-order valence-corrected chi connectivity index (χ3v) is 7.80. The Bertz CT molecular complexity index is 930. The van der Waals surface area contributed by atoms with Crippen molar-refractivity contribution < 1.29 is 23.9 Å². The number of benzene rings is 1.